The second-order valence-electron chi connectivity index (χ2n) is 2.35. The SMILES string of the molecule is CCC.Oc1cccc(O)c1O. The number of phenols is 3. The highest BCUT2D eigenvalue weighted by Crippen LogP contribution is 2.32. The molecule has 0 aliphatic heterocycles. The van der Waals surface area contributed by atoms with Crippen LogP contribution in [0.25, 0.3) is 0 Å². The van der Waals surface area contributed by atoms with E-state index in [0.717, 1.165) is 0 Å². The zero-order valence-corrected chi connectivity index (χ0v) is 7.28. The third-order valence-corrected chi connectivity index (χ3v) is 0.993. The minimum Gasteiger partial charge on any atom is -0.504 e. The molecular formula is C9H14O3. The molecule has 1 rings (SSSR count). The van der Waals surface area contributed by atoms with Crippen LogP contribution in [0, 0.1) is 0 Å². The molecule has 1 aromatic rings. The molecule has 0 aliphatic carbocycles. The Balaban J connectivity index is 0.000000354. The molecule has 0 saturated carbocycles. The Kier molecular flexibility index (Phi) is 4.69. The second kappa shape index (κ2) is 5.29. The van der Waals surface area contributed by atoms with E-state index in [4.69, 9.17) is 15.3 Å². The molecule has 0 heterocycles. The largest absolute Gasteiger partial charge is 0.504 e. The van der Waals surface area contributed by atoms with Gasteiger partial charge in [-0.3, -0.25) is 0 Å². The van der Waals surface area contributed by atoms with E-state index in [9.17, 15) is 0 Å². The summed E-state index contributed by atoms with van der Waals surface area (Å²) in [4.78, 5) is 0. The zero-order valence-electron chi connectivity index (χ0n) is 7.28. The van der Waals surface area contributed by atoms with Crippen molar-refractivity contribution in [2.24, 2.45) is 0 Å². The van der Waals surface area contributed by atoms with Crippen LogP contribution in [0.3, 0.4) is 0 Å². The molecule has 0 spiro atoms. The predicted molar refractivity (Wildman–Crippen MR) is 47.4 cm³/mol. The normalized spacial score (nSPS) is 8.50. The summed E-state index contributed by atoms with van der Waals surface area (Å²) in [5.41, 5.74) is 0. The molecular weight excluding hydrogens is 156 g/mol. The summed E-state index contributed by atoms with van der Waals surface area (Å²) in [6.45, 7) is 4.25. The molecule has 3 nitrogen and oxygen atoms in total. The van der Waals surface area contributed by atoms with E-state index in [1.165, 1.54) is 24.6 Å². The lowest BCUT2D eigenvalue weighted by atomic mass is 10.3. The van der Waals surface area contributed by atoms with Gasteiger partial charge in [0, 0.05) is 0 Å². The fraction of sp³-hybridized carbons (Fsp3) is 0.333. The molecule has 12 heavy (non-hydrogen) atoms. The number of benzene rings is 1. The fourth-order valence-corrected chi connectivity index (χ4v) is 0.519. The molecule has 0 atom stereocenters. The van der Waals surface area contributed by atoms with Crippen molar-refractivity contribution in [2.45, 2.75) is 20.3 Å². The number of hydrogen-bond donors (Lipinski definition) is 3. The van der Waals surface area contributed by atoms with Crippen LogP contribution in [-0.4, -0.2) is 15.3 Å². The Morgan fingerprint density at radius 1 is 1.00 bits per heavy atom. The number of para-hydroxylation sites is 1. The van der Waals surface area contributed by atoms with Crippen molar-refractivity contribution in [1.29, 1.82) is 0 Å². The fourth-order valence-electron chi connectivity index (χ4n) is 0.519. The van der Waals surface area contributed by atoms with Gasteiger partial charge in [-0.1, -0.05) is 26.3 Å². The van der Waals surface area contributed by atoms with E-state index in [0.29, 0.717) is 0 Å². The summed E-state index contributed by atoms with van der Waals surface area (Å²) in [6, 6.07) is 4.01. The van der Waals surface area contributed by atoms with E-state index in [2.05, 4.69) is 13.8 Å². The molecule has 0 aromatic heterocycles. The molecule has 0 aliphatic rings. The first-order valence-electron chi connectivity index (χ1n) is 3.83. The molecule has 0 fully saturated rings. The minimum atomic E-state index is -0.475. The first-order chi connectivity index (χ1) is 5.63. The van der Waals surface area contributed by atoms with Gasteiger partial charge in [-0.05, 0) is 12.1 Å². The van der Waals surface area contributed by atoms with Gasteiger partial charge in [0.2, 0.25) is 0 Å². The summed E-state index contributed by atoms with van der Waals surface area (Å²) in [7, 11) is 0. The molecule has 1 aromatic carbocycles. The van der Waals surface area contributed by atoms with E-state index in [1.54, 1.807) is 0 Å². The van der Waals surface area contributed by atoms with Crippen LogP contribution in [0.15, 0.2) is 18.2 Å². The van der Waals surface area contributed by atoms with Crippen LogP contribution in [0.5, 0.6) is 17.2 Å². The first kappa shape index (κ1) is 10.6. The predicted octanol–water partition coefficient (Wildman–Crippen LogP) is 2.22. The molecule has 3 heteroatoms. The summed E-state index contributed by atoms with van der Waals surface area (Å²) in [6.07, 6.45) is 1.25. The van der Waals surface area contributed by atoms with E-state index in [-0.39, 0.29) is 11.5 Å². The van der Waals surface area contributed by atoms with Crippen LogP contribution in [0.2, 0.25) is 0 Å². The van der Waals surface area contributed by atoms with Gasteiger partial charge in [0.25, 0.3) is 0 Å². The number of hydrogen-bond acceptors (Lipinski definition) is 3. The quantitative estimate of drug-likeness (QED) is 0.523. The highest BCUT2D eigenvalue weighted by molar-refractivity contribution is 5.47. The van der Waals surface area contributed by atoms with Gasteiger partial charge in [-0.2, -0.15) is 0 Å². The summed E-state index contributed by atoms with van der Waals surface area (Å²) in [5.74, 6) is -1.09. The van der Waals surface area contributed by atoms with Gasteiger partial charge in [0.05, 0.1) is 0 Å². The maximum absolute atomic E-state index is 8.71. The van der Waals surface area contributed by atoms with Crippen LogP contribution < -0.4 is 0 Å². The third kappa shape index (κ3) is 3.14. The Labute approximate surface area is 71.9 Å². The Hall–Kier alpha value is -1.38. The van der Waals surface area contributed by atoms with Gasteiger partial charge >= 0.3 is 0 Å². The van der Waals surface area contributed by atoms with E-state index >= 15 is 0 Å². The van der Waals surface area contributed by atoms with E-state index < -0.39 is 5.75 Å². The van der Waals surface area contributed by atoms with Crippen molar-refractivity contribution in [3.63, 3.8) is 0 Å². The molecule has 0 unspecified atom stereocenters. The van der Waals surface area contributed by atoms with Crippen LogP contribution in [0.4, 0.5) is 0 Å². The maximum atomic E-state index is 8.71. The first-order valence-corrected chi connectivity index (χ1v) is 3.83. The molecule has 0 amide bonds. The van der Waals surface area contributed by atoms with Crippen molar-refractivity contribution < 1.29 is 15.3 Å². The number of aromatic hydroxyl groups is 3. The van der Waals surface area contributed by atoms with Crippen molar-refractivity contribution >= 4 is 0 Å². The van der Waals surface area contributed by atoms with Crippen molar-refractivity contribution in [1.82, 2.24) is 0 Å². The average molecular weight is 170 g/mol. The maximum Gasteiger partial charge on any atom is 0.200 e. The van der Waals surface area contributed by atoms with Gasteiger partial charge in [-0.15, -0.1) is 0 Å². The smallest absolute Gasteiger partial charge is 0.200 e. The van der Waals surface area contributed by atoms with Gasteiger partial charge < -0.3 is 15.3 Å². The molecule has 0 radical (unpaired) electrons. The zero-order chi connectivity index (χ0) is 9.56. The third-order valence-electron chi connectivity index (χ3n) is 0.993. The lowest BCUT2D eigenvalue weighted by Gasteiger charge is -1.96. The molecule has 3 N–H and O–H groups in total. The number of phenolic OH excluding ortho intramolecular Hbond substituents is 3. The number of rotatable bonds is 0. The topological polar surface area (TPSA) is 60.7 Å². The van der Waals surface area contributed by atoms with Gasteiger partial charge in [-0.25, -0.2) is 0 Å². The van der Waals surface area contributed by atoms with Crippen molar-refractivity contribution in [3.8, 4) is 17.2 Å². The van der Waals surface area contributed by atoms with Crippen molar-refractivity contribution in [2.75, 3.05) is 0 Å². The second-order valence-corrected chi connectivity index (χ2v) is 2.35. The summed E-state index contributed by atoms with van der Waals surface area (Å²) < 4.78 is 0. The summed E-state index contributed by atoms with van der Waals surface area (Å²) >= 11 is 0. The average Bonchev–Trinajstić information content (AvgIpc) is 2.02. The Bertz CT molecular complexity index is 213. The van der Waals surface area contributed by atoms with Crippen molar-refractivity contribution in [3.05, 3.63) is 18.2 Å². The highest BCUT2D eigenvalue weighted by atomic mass is 16.3. The van der Waals surface area contributed by atoms with Crippen LogP contribution >= 0.6 is 0 Å². The Morgan fingerprint density at radius 3 is 1.58 bits per heavy atom. The monoisotopic (exact) mass is 170 g/mol. The molecule has 0 saturated heterocycles. The van der Waals surface area contributed by atoms with Crippen LogP contribution in [0.1, 0.15) is 20.3 Å². The Morgan fingerprint density at radius 2 is 1.33 bits per heavy atom. The molecule has 0 bridgehead atoms. The summed E-state index contributed by atoms with van der Waals surface area (Å²) in [5, 5.41) is 26.1. The van der Waals surface area contributed by atoms with Gasteiger partial charge in [0.1, 0.15) is 0 Å². The molecule has 68 valence electrons. The lowest BCUT2D eigenvalue weighted by molar-refractivity contribution is 0.368. The lowest BCUT2D eigenvalue weighted by Crippen LogP contribution is -1.67. The van der Waals surface area contributed by atoms with Gasteiger partial charge in [0.15, 0.2) is 17.2 Å². The standard InChI is InChI=1S/C6H6O3.C3H8/c7-4-2-1-3-5(8)6(4)9;1-3-2/h1-3,7-9H;3H2,1-2H3. The van der Waals surface area contributed by atoms with Crippen LogP contribution in [-0.2, 0) is 0 Å². The highest BCUT2D eigenvalue weighted by Gasteiger charge is 2.00. The van der Waals surface area contributed by atoms with E-state index in [1.807, 2.05) is 0 Å². The minimum absolute atomic E-state index is 0.310.